The summed E-state index contributed by atoms with van der Waals surface area (Å²) < 4.78 is 0. The molecule has 1 aromatic rings. The van der Waals surface area contributed by atoms with Crippen LogP contribution in [0.1, 0.15) is 64.9 Å². The monoisotopic (exact) mass is 279 g/mol. The molecule has 1 nitrogen and oxygen atoms in total. The normalized spacial score (nSPS) is 19.5. The summed E-state index contributed by atoms with van der Waals surface area (Å²) in [7, 11) is 0. The van der Waals surface area contributed by atoms with Gasteiger partial charge in [0.05, 0.1) is 0 Å². The maximum atomic E-state index is 3.77. The topological polar surface area (TPSA) is 12.0 Å². The summed E-state index contributed by atoms with van der Waals surface area (Å²) in [4.78, 5) is 0. The fourth-order valence-corrected chi connectivity index (χ4v) is 3.82. The molecule has 1 aliphatic carbocycles. The SMILES string of the molecule is CC(C)(C)NCC1(CCc2ccsc2)CCCCC1. The van der Waals surface area contributed by atoms with Gasteiger partial charge in [-0.15, -0.1) is 0 Å². The van der Waals surface area contributed by atoms with Crippen LogP contribution < -0.4 is 5.32 Å². The Labute approximate surface area is 122 Å². The predicted octanol–water partition coefficient (Wildman–Crippen LogP) is 5.02. The molecular formula is C17H29NS. The van der Waals surface area contributed by atoms with Crippen LogP contribution in [-0.4, -0.2) is 12.1 Å². The third kappa shape index (κ3) is 4.92. The van der Waals surface area contributed by atoms with Gasteiger partial charge in [0.2, 0.25) is 0 Å². The van der Waals surface area contributed by atoms with E-state index in [1.165, 1.54) is 57.1 Å². The second-order valence-corrected chi connectivity index (χ2v) is 8.08. The summed E-state index contributed by atoms with van der Waals surface area (Å²) in [6.07, 6.45) is 9.74. The molecular weight excluding hydrogens is 250 g/mol. The fourth-order valence-electron chi connectivity index (χ4n) is 3.11. The summed E-state index contributed by atoms with van der Waals surface area (Å²) in [5.41, 5.74) is 2.33. The molecule has 0 aromatic carbocycles. The quantitative estimate of drug-likeness (QED) is 0.798. The van der Waals surface area contributed by atoms with E-state index in [0.717, 1.165) is 0 Å². The summed E-state index contributed by atoms with van der Waals surface area (Å²) in [6, 6.07) is 2.29. The molecule has 0 amide bonds. The zero-order valence-corrected chi connectivity index (χ0v) is 13.6. The van der Waals surface area contributed by atoms with Crippen molar-refractivity contribution in [2.45, 2.75) is 71.3 Å². The lowest BCUT2D eigenvalue weighted by Gasteiger charge is -2.40. The molecule has 108 valence electrons. The number of thiophene rings is 1. The Hall–Kier alpha value is -0.340. The predicted molar refractivity (Wildman–Crippen MR) is 85.9 cm³/mol. The molecule has 0 atom stereocenters. The van der Waals surface area contributed by atoms with Gasteiger partial charge in [-0.1, -0.05) is 19.3 Å². The van der Waals surface area contributed by atoms with Crippen molar-refractivity contribution in [2.75, 3.05) is 6.54 Å². The third-order valence-corrected chi connectivity index (χ3v) is 5.16. The first-order chi connectivity index (χ1) is 8.99. The molecule has 1 aromatic heterocycles. The lowest BCUT2D eigenvalue weighted by molar-refractivity contribution is 0.153. The second-order valence-electron chi connectivity index (χ2n) is 7.30. The molecule has 1 aliphatic rings. The minimum absolute atomic E-state index is 0.243. The molecule has 0 radical (unpaired) electrons. The van der Waals surface area contributed by atoms with Crippen molar-refractivity contribution in [3.8, 4) is 0 Å². The van der Waals surface area contributed by atoms with Gasteiger partial charge < -0.3 is 5.32 Å². The number of nitrogens with one attached hydrogen (secondary N) is 1. The molecule has 0 unspecified atom stereocenters. The van der Waals surface area contributed by atoms with Gasteiger partial charge in [-0.25, -0.2) is 0 Å². The maximum absolute atomic E-state index is 3.77. The number of rotatable bonds is 5. The molecule has 1 saturated carbocycles. The summed E-state index contributed by atoms with van der Waals surface area (Å²) in [5, 5.41) is 8.28. The van der Waals surface area contributed by atoms with Crippen LogP contribution in [0.2, 0.25) is 0 Å². The van der Waals surface area contributed by atoms with Crippen LogP contribution in [0.3, 0.4) is 0 Å². The van der Waals surface area contributed by atoms with Crippen LogP contribution in [-0.2, 0) is 6.42 Å². The Morgan fingerprint density at radius 2 is 1.95 bits per heavy atom. The highest BCUT2D eigenvalue weighted by molar-refractivity contribution is 7.07. The van der Waals surface area contributed by atoms with Crippen LogP contribution in [0.5, 0.6) is 0 Å². The second kappa shape index (κ2) is 6.41. The molecule has 2 heteroatoms. The Morgan fingerprint density at radius 1 is 1.21 bits per heavy atom. The highest BCUT2D eigenvalue weighted by Crippen LogP contribution is 2.40. The van der Waals surface area contributed by atoms with Crippen LogP contribution in [0.15, 0.2) is 16.8 Å². The number of hydrogen-bond donors (Lipinski definition) is 1. The molecule has 1 N–H and O–H groups in total. The van der Waals surface area contributed by atoms with E-state index >= 15 is 0 Å². The fraction of sp³-hybridized carbons (Fsp3) is 0.765. The van der Waals surface area contributed by atoms with Crippen molar-refractivity contribution in [1.29, 1.82) is 0 Å². The van der Waals surface area contributed by atoms with Crippen LogP contribution >= 0.6 is 11.3 Å². The lowest BCUT2D eigenvalue weighted by atomic mass is 9.70. The summed E-state index contributed by atoms with van der Waals surface area (Å²) >= 11 is 1.83. The largest absolute Gasteiger partial charge is 0.312 e. The standard InChI is InChI=1S/C17H29NS/c1-16(2,3)18-14-17(9-5-4-6-10-17)11-7-15-8-12-19-13-15/h8,12-13,18H,4-7,9-11,14H2,1-3H3. The van der Waals surface area contributed by atoms with Gasteiger partial charge >= 0.3 is 0 Å². The van der Waals surface area contributed by atoms with E-state index in [0.29, 0.717) is 5.41 Å². The van der Waals surface area contributed by atoms with E-state index in [1.807, 2.05) is 11.3 Å². The van der Waals surface area contributed by atoms with Gasteiger partial charge in [0, 0.05) is 12.1 Å². The van der Waals surface area contributed by atoms with Gasteiger partial charge in [-0.05, 0) is 74.3 Å². The molecule has 1 heterocycles. The highest BCUT2D eigenvalue weighted by Gasteiger charge is 2.32. The molecule has 0 saturated heterocycles. The summed E-state index contributed by atoms with van der Waals surface area (Å²) in [6.45, 7) is 8.04. The molecule has 2 rings (SSSR count). The highest BCUT2D eigenvalue weighted by atomic mass is 32.1. The van der Waals surface area contributed by atoms with Crippen molar-refractivity contribution in [2.24, 2.45) is 5.41 Å². The van der Waals surface area contributed by atoms with E-state index in [9.17, 15) is 0 Å². The van der Waals surface area contributed by atoms with Crippen LogP contribution in [0, 0.1) is 5.41 Å². The minimum atomic E-state index is 0.243. The Morgan fingerprint density at radius 3 is 2.53 bits per heavy atom. The molecule has 0 spiro atoms. The van der Waals surface area contributed by atoms with E-state index < -0.39 is 0 Å². The summed E-state index contributed by atoms with van der Waals surface area (Å²) in [5.74, 6) is 0. The number of aryl methyl sites for hydroxylation is 1. The maximum Gasteiger partial charge on any atom is 0.00967 e. The average Bonchev–Trinajstić information content (AvgIpc) is 2.88. The Balaban J connectivity index is 1.93. The minimum Gasteiger partial charge on any atom is -0.312 e. The lowest BCUT2D eigenvalue weighted by Crippen LogP contribution is -2.45. The smallest absolute Gasteiger partial charge is 0.00967 e. The van der Waals surface area contributed by atoms with Crippen LogP contribution in [0.25, 0.3) is 0 Å². The van der Waals surface area contributed by atoms with Crippen molar-refractivity contribution < 1.29 is 0 Å². The molecule has 1 fully saturated rings. The van der Waals surface area contributed by atoms with Gasteiger partial charge in [-0.3, -0.25) is 0 Å². The molecule has 0 bridgehead atoms. The van der Waals surface area contributed by atoms with Gasteiger partial charge in [0.1, 0.15) is 0 Å². The van der Waals surface area contributed by atoms with Gasteiger partial charge in [0.15, 0.2) is 0 Å². The van der Waals surface area contributed by atoms with Crippen molar-refractivity contribution >= 4 is 11.3 Å². The van der Waals surface area contributed by atoms with E-state index in [2.05, 4.69) is 42.9 Å². The van der Waals surface area contributed by atoms with E-state index in [4.69, 9.17) is 0 Å². The first-order valence-corrected chi connectivity index (χ1v) is 8.70. The average molecular weight is 279 g/mol. The zero-order chi connectivity index (χ0) is 13.8. The van der Waals surface area contributed by atoms with Crippen molar-refractivity contribution in [1.82, 2.24) is 5.32 Å². The van der Waals surface area contributed by atoms with Crippen LogP contribution in [0.4, 0.5) is 0 Å². The van der Waals surface area contributed by atoms with E-state index in [1.54, 1.807) is 0 Å². The Kier molecular flexibility index (Phi) is 5.08. The Bertz CT molecular complexity index is 355. The van der Waals surface area contributed by atoms with Crippen molar-refractivity contribution in [3.05, 3.63) is 22.4 Å². The van der Waals surface area contributed by atoms with Gasteiger partial charge in [-0.2, -0.15) is 11.3 Å². The molecule has 0 aliphatic heterocycles. The zero-order valence-electron chi connectivity index (χ0n) is 12.8. The first kappa shape index (κ1) is 15.1. The molecule has 19 heavy (non-hydrogen) atoms. The van der Waals surface area contributed by atoms with E-state index in [-0.39, 0.29) is 5.54 Å². The van der Waals surface area contributed by atoms with Crippen molar-refractivity contribution in [3.63, 3.8) is 0 Å². The number of hydrogen-bond acceptors (Lipinski definition) is 2. The van der Waals surface area contributed by atoms with Gasteiger partial charge in [0.25, 0.3) is 0 Å². The third-order valence-electron chi connectivity index (χ3n) is 4.43. The first-order valence-electron chi connectivity index (χ1n) is 7.75.